The lowest BCUT2D eigenvalue weighted by atomic mass is 10.2. The van der Waals surface area contributed by atoms with E-state index in [4.69, 9.17) is 4.74 Å². The summed E-state index contributed by atoms with van der Waals surface area (Å²) in [5, 5.41) is 3.22. The van der Waals surface area contributed by atoms with Gasteiger partial charge in [0, 0.05) is 19.7 Å². The first-order valence-corrected chi connectivity index (χ1v) is 9.18. The van der Waals surface area contributed by atoms with E-state index in [0.29, 0.717) is 18.1 Å². The highest BCUT2D eigenvalue weighted by Crippen LogP contribution is 2.16. The molecule has 0 bridgehead atoms. The van der Waals surface area contributed by atoms with Crippen molar-refractivity contribution in [1.29, 1.82) is 0 Å². The molecule has 6 nitrogen and oxygen atoms in total. The van der Waals surface area contributed by atoms with Crippen molar-refractivity contribution in [3.8, 4) is 0 Å². The molecule has 1 atom stereocenters. The molecule has 0 radical (unpaired) electrons. The summed E-state index contributed by atoms with van der Waals surface area (Å²) in [5.41, 5.74) is 1.44. The second kappa shape index (κ2) is 7.81. The average molecular weight is 347 g/mol. The van der Waals surface area contributed by atoms with E-state index in [2.05, 4.69) is 10.3 Å². The zero-order valence-corrected chi connectivity index (χ0v) is 14.5. The Labute approximate surface area is 144 Å². The highest BCUT2D eigenvalue weighted by molar-refractivity contribution is 7.99. The van der Waals surface area contributed by atoms with Crippen molar-refractivity contribution in [2.75, 3.05) is 18.9 Å². The Kier molecular flexibility index (Phi) is 5.52. The molecule has 24 heavy (non-hydrogen) atoms. The van der Waals surface area contributed by atoms with Crippen LogP contribution >= 0.6 is 11.8 Å². The zero-order valence-electron chi connectivity index (χ0n) is 13.7. The quantitative estimate of drug-likeness (QED) is 0.807. The molecule has 0 saturated carbocycles. The topological polar surface area (TPSA) is 73.2 Å². The van der Waals surface area contributed by atoms with Crippen LogP contribution in [0.25, 0.3) is 11.0 Å². The van der Waals surface area contributed by atoms with E-state index in [0.717, 1.165) is 30.5 Å². The minimum absolute atomic E-state index is 0.104. The largest absolute Gasteiger partial charge is 0.376 e. The Bertz CT molecular complexity index is 784. The molecule has 0 aliphatic carbocycles. The van der Waals surface area contributed by atoms with Crippen LogP contribution in [0.2, 0.25) is 0 Å². The first-order chi connectivity index (χ1) is 11.7. The monoisotopic (exact) mass is 347 g/mol. The zero-order chi connectivity index (χ0) is 16.9. The van der Waals surface area contributed by atoms with Gasteiger partial charge in [-0.05, 0) is 31.9 Å². The van der Waals surface area contributed by atoms with Crippen LogP contribution in [-0.4, -0.2) is 40.5 Å². The third kappa shape index (κ3) is 3.79. The fraction of sp³-hybridized carbons (Fsp3) is 0.471. The summed E-state index contributed by atoms with van der Waals surface area (Å²) in [6.07, 6.45) is 2.16. The van der Waals surface area contributed by atoms with Crippen molar-refractivity contribution in [1.82, 2.24) is 14.9 Å². The lowest BCUT2D eigenvalue weighted by molar-refractivity contribution is -0.119. The average Bonchev–Trinajstić information content (AvgIpc) is 3.12. The van der Waals surface area contributed by atoms with Gasteiger partial charge in [0.2, 0.25) is 5.91 Å². The van der Waals surface area contributed by atoms with Gasteiger partial charge in [-0.25, -0.2) is 4.98 Å². The first-order valence-electron chi connectivity index (χ1n) is 8.19. The molecular weight excluding hydrogens is 326 g/mol. The molecule has 3 rings (SSSR count). The highest BCUT2D eigenvalue weighted by Gasteiger charge is 2.17. The van der Waals surface area contributed by atoms with Gasteiger partial charge in [0.1, 0.15) is 0 Å². The van der Waals surface area contributed by atoms with Gasteiger partial charge in [-0.1, -0.05) is 23.9 Å². The number of benzene rings is 1. The van der Waals surface area contributed by atoms with Gasteiger partial charge in [0.25, 0.3) is 5.56 Å². The molecule has 1 aromatic carbocycles. The third-order valence-corrected chi connectivity index (χ3v) is 4.98. The van der Waals surface area contributed by atoms with Crippen molar-refractivity contribution in [2.24, 2.45) is 0 Å². The van der Waals surface area contributed by atoms with Gasteiger partial charge in [0.05, 0.1) is 22.9 Å². The smallest absolute Gasteiger partial charge is 0.283 e. The van der Waals surface area contributed by atoms with Crippen LogP contribution in [0.5, 0.6) is 0 Å². The van der Waals surface area contributed by atoms with Crippen LogP contribution in [0.1, 0.15) is 19.8 Å². The molecule has 1 aliphatic rings. The number of para-hydroxylation sites is 2. The first kappa shape index (κ1) is 17.0. The summed E-state index contributed by atoms with van der Waals surface area (Å²) in [6.45, 7) is 3.80. The van der Waals surface area contributed by atoms with Crippen LogP contribution < -0.4 is 10.9 Å². The molecule has 7 heteroatoms. The number of carbonyl (C=O) groups is 1. The summed E-state index contributed by atoms with van der Waals surface area (Å²) in [5.74, 6) is 0.0738. The number of carbonyl (C=O) groups excluding carboxylic acids is 1. The van der Waals surface area contributed by atoms with E-state index in [1.54, 1.807) is 4.57 Å². The molecule has 128 valence electrons. The van der Waals surface area contributed by atoms with Crippen LogP contribution in [-0.2, 0) is 16.1 Å². The second-order valence-electron chi connectivity index (χ2n) is 5.68. The number of rotatable bonds is 6. The molecule has 1 saturated heterocycles. The van der Waals surface area contributed by atoms with Crippen molar-refractivity contribution in [2.45, 2.75) is 37.4 Å². The molecule has 1 aliphatic heterocycles. The Morgan fingerprint density at radius 1 is 1.46 bits per heavy atom. The number of hydrogen-bond donors (Lipinski definition) is 1. The number of ether oxygens (including phenoxy) is 1. The van der Waals surface area contributed by atoms with Gasteiger partial charge in [-0.2, -0.15) is 0 Å². The number of fused-ring (bicyclic) bond motifs is 1. The fourth-order valence-corrected chi connectivity index (χ4v) is 3.56. The SMILES string of the molecule is CCn1c(=O)c(SCC(=O)NCC2CCCO2)nc2ccccc21. The van der Waals surface area contributed by atoms with E-state index in [1.807, 2.05) is 31.2 Å². The van der Waals surface area contributed by atoms with Crippen molar-refractivity contribution < 1.29 is 9.53 Å². The van der Waals surface area contributed by atoms with Gasteiger partial charge < -0.3 is 14.6 Å². The number of nitrogens with zero attached hydrogens (tertiary/aromatic N) is 2. The van der Waals surface area contributed by atoms with E-state index in [1.165, 1.54) is 11.8 Å². The highest BCUT2D eigenvalue weighted by atomic mass is 32.2. The number of aryl methyl sites for hydroxylation is 1. The predicted molar refractivity (Wildman–Crippen MR) is 94.4 cm³/mol. The molecule has 2 aromatic rings. The van der Waals surface area contributed by atoms with Crippen LogP contribution in [0, 0.1) is 0 Å². The standard InChI is InChI=1S/C17H21N3O3S/c1-2-20-14-8-4-3-7-13(14)19-16(17(20)22)24-11-15(21)18-10-12-6-5-9-23-12/h3-4,7-8,12H,2,5-6,9-11H2,1H3,(H,18,21). The maximum absolute atomic E-state index is 12.5. The molecular formula is C17H21N3O3S. The van der Waals surface area contributed by atoms with Gasteiger partial charge in [-0.15, -0.1) is 0 Å². The normalized spacial score (nSPS) is 17.3. The van der Waals surface area contributed by atoms with E-state index in [-0.39, 0.29) is 23.3 Å². The van der Waals surface area contributed by atoms with Crippen molar-refractivity contribution >= 4 is 28.7 Å². The Hall–Kier alpha value is -1.86. The predicted octanol–water partition coefficient (Wildman–Crippen LogP) is 1.80. The van der Waals surface area contributed by atoms with Gasteiger partial charge in [-0.3, -0.25) is 9.59 Å². The van der Waals surface area contributed by atoms with Gasteiger partial charge in [0.15, 0.2) is 5.03 Å². The molecule has 1 aromatic heterocycles. The van der Waals surface area contributed by atoms with Crippen LogP contribution in [0.4, 0.5) is 0 Å². The van der Waals surface area contributed by atoms with E-state index < -0.39 is 0 Å². The molecule has 2 heterocycles. The third-order valence-electron chi connectivity index (χ3n) is 4.03. The molecule has 1 N–H and O–H groups in total. The lowest BCUT2D eigenvalue weighted by Gasteiger charge is -2.11. The Morgan fingerprint density at radius 2 is 2.29 bits per heavy atom. The minimum atomic E-state index is -0.145. The number of nitrogens with one attached hydrogen (secondary N) is 1. The summed E-state index contributed by atoms with van der Waals surface area (Å²) in [6, 6.07) is 7.54. The Balaban J connectivity index is 1.67. The number of amides is 1. The molecule has 1 unspecified atom stereocenters. The summed E-state index contributed by atoms with van der Waals surface area (Å²) >= 11 is 1.18. The maximum Gasteiger partial charge on any atom is 0.283 e. The van der Waals surface area contributed by atoms with Crippen molar-refractivity contribution in [3.05, 3.63) is 34.6 Å². The van der Waals surface area contributed by atoms with E-state index >= 15 is 0 Å². The minimum Gasteiger partial charge on any atom is -0.376 e. The molecule has 1 fully saturated rings. The lowest BCUT2D eigenvalue weighted by Crippen LogP contribution is -2.33. The fourth-order valence-electron chi connectivity index (χ4n) is 2.79. The number of hydrogen-bond acceptors (Lipinski definition) is 5. The summed E-state index contributed by atoms with van der Waals surface area (Å²) < 4.78 is 7.17. The van der Waals surface area contributed by atoms with Crippen molar-refractivity contribution in [3.63, 3.8) is 0 Å². The number of thioether (sulfide) groups is 1. The van der Waals surface area contributed by atoms with Gasteiger partial charge >= 0.3 is 0 Å². The summed E-state index contributed by atoms with van der Waals surface area (Å²) in [4.78, 5) is 28.9. The van der Waals surface area contributed by atoms with E-state index in [9.17, 15) is 9.59 Å². The molecule has 1 amide bonds. The van der Waals surface area contributed by atoms with Crippen LogP contribution in [0.15, 0.2) is 34.1 Å². The number of aromatic nitrogens is 2. The summed E-state index contributed by atoms with van der Waals surface area (Å²) in [7, 11) is 0. The molecule has 0 spiro atoms. The Morgan fingerprint density at radius 3 is 3.04 bits per heavy atom. The maximum atomic E-state index is 12.5. The van der Waals surface area contributed by atoms with Crippen LogP contribution in [0.3, 0.4) is 0 Å². The second-order valence-corrected chi connectivity index (χ2v) is 6.65.